The van der Waals surface area contributed by atoms with Gasteiger partial charge in [-0.15, -0.1) is 0 Å². The van der Waals surface area contributed by atoms with E-state index in [0.29, 0.717) is 47.7 Å². The van der Waals surface area contributed by atoms with Gasteiger partial charge in [-0.1, -0.05) is 48.4 Å². The van der Waals surface area contributed by atoms with Gasteiger partial charge in [-0.2, -0.15) is 5.10 Å². The molecule has 4 aromatic rings. The van der Waals surface area contributed by atoms with Gasteiger partial charge in [0, 0.05) is 30.8 Å². The van der Waals surface area contributed by atoms with Gasteiger partial charge in [0.25, 0.3) is 11.8 Å². The predicted molar refractivity (Wildman–Crippen MR) is 146 cm³/mol. The Kier molecular flexibility index (Phi) is 7.05. The molecule has 0 unspecified atom stereocenters. The van der Waals surface area contributed by atoms with Crippen LogP contribution < -0.4 is 11.1 Å². The number of aromatic nitrogens is 4. The molecule has 0 radical (unpaired) electrons. The molecular formula is C29H29N7O2. The molecule has 2 aromatic carbocycles. The molecule has 3 N–H and O–H groups in total. The smallest absolute Gasteiger partial charge is 0.298 e. The molecular weight excluding hydrogens is 478 g/mol. The van der Waals surface area contributed by atoms with Crippen molar-refractivity contribution < 1.29 is 9.59 Å². The average Bonchev–Trinajstić information content (AvgIpc) is 3.33. The standard InChI is InChI=1S/C29H29N7O2/c1-3-7-24(37)35-15-6-9-22(17-35)36-28-25(27(30)32-18-33-28)26(34-36)21-13-11-20(12-14-21)16-31-29(38)23-10-5-4-8-19(23)2/h4-5,8,10-14,18,22H,6,9,15-17H2,1-2H3,(H,31,38)(H2,30,32,33)/t22-/m1/s1. The lowest BCUT2D eigenvalue weighted by molar-refractivity contribution is -0.126. The highest BCUT2D eigenvalue weighted by Crippen LogP contribution is 2.33. The van der Waals surface area contributed by atoms with Gasteiger partial charge in [0.05, 0.1) is 11.4 Å². The van der Waals surface area contributed by atoms with E-state index in [-0.39, 0.29) is 17.9 Å². The minimum Gasteiger partial charge on any atom is -0.383 e. The summed E-state index contributed by atoms with van der Waals surface area (Å²) in [5, 5.41) is 8.60. The van der Waals surface area contributed by atoms with E-state index in [1.54, 1.807) is 11.8 Å². The third kappa shape index (κ3) is 4.93. The van der Waals surface area contributed by atoms with Crippen LogP contribution in [0.2, 0.25) is 0 Å². The maximum Gasteiger partial charge on any atom is 0.298 e. The normalized spacial score (nSPS) is 15.1. The van der Waals surface area contributed by atoms with Crippen LogP contribution in [0.4, 0.5) is 5.82 Å². The third-order valence-corrected chi connectivity index (χ3v) is 6.85. The number of carbonyl (C=O) groups excluding carboxylic acids is 2. The van der Waals surface area contributed by atoms with Gasteiger partial charge in [-0.05, 0) is 49.8 Å². The molecule has 2 aromatic heterocycles. The van der Waals surface area contributed by atoms with Crippen molar-refractivity contribution in [1.82, 2.24) is 30.0 Å². The van der Waals surface area contributed by atoms with E-state index in [4.69, 9.17) is 10.8 Å². The van der Waals surface area contributed by atoms with Crippen LogP contribution >= 0.6 is 0 Å². The molecule has 1 aliphatic heterocycles. The first-order chi connectivity index (χ1) is 18.5. The van der Waals surface area contributed by atoms with Gasteiger partial charge in [0.2, 0.25) is 0 Å². The molecule has 0 spiro atoms. The summed E-state index contributed by atoms with van der Waals surface area (Å²) in [4.78, 5) is 35.5. The second kappa shape index (κ2) is 10.7. The molecule has 9 nitrogen and oxygen atoms in total. The summed E-state index contributed by atoms with van der Waals surface area (Å²) in [5.74, 6) is 5.40. The third-order valence-electron chi connectivity index (χ3n) is 6.85. The van der Waals surface area contributed by atoms with Gasteiger partial charge in [-0.25, -0.2) is 14.6 Å². The highest BCUT2D eigenvalue weighted by molar-refractivity contribution is 5.98. The number of nitrogens with two attached hydrogens (primary N) is 1. The van der Waals surface area contributed by atoms with Crippen molar-refractivity contribution in [2.75, 3.05) is 18.8 Å². The Morgan fingerprint density at radius 2 is 1.92 bits per heavy atom. The van der Waals surface area contributed by atoms with Crippen LogP contribution in [0.1, 0.15) is 47.3 Å². The number of benzene rings is 2. The van der Waals surface area contributed by atoms with Crippen LogP contribution in [-0.2, 0) is 11.3 Å². The highest BCUT2D eigenvalue weighted by atomic mass is 16.2. The van der Waals surface area contributed by atoms with Gasteiger partial charge in [0.1, 0.15) is 17.8 Å². The fourth-order valence-corrected chi connectivity index (χ4v) is 4.86. The quantitative estimate of drug-likeness (QED) is 0.399. The summed E-state index contributed by atoms with van der Waals surface area (Å²) in [6, 6.07) is 15.3. The lowest BCUT2D eigenvalue weighted by Crippen LogP contribution is -2.40. The maximum absolute atomic E-state index is 12.6. The highest BCUT2D eigenvalue weighted by Gasteiger charge is 2.28. The number of carbonyl (C=O) groups is 2. The largest absolute Gasteiger partial charge is 0.383 e. The van der Waals surface area contributed by atoms with Crippen molar-refractivity contribution in [1.29, 1.82) is 0 Å². The van der Waals surface area contributed by atoms with Gasteiger partial charge >= 0.3 is 0 Å². The number of amides is 2. The number of aryl methyl sites for hydroxylation is 1. The number of hydrogen-bond acceptors (Lipinski definition) is 6. The predicted octanol–water partition coefficient (Wildman–Crippen LogP) is 3.50. The van der Waals surface area contributed by atoms with E-state index in [2.05, 4.69) is 27.1 Å². The van der Waals surface area contributed by atoms with Crippen molar-refractivity contribution in [2.24, 2.45) is 0 Å². The van der Waals surface area contributed by atoms with Crippen LogP contribution in [0.15, 0.2) is 54.9 Å². The fourth-order valence-electron chi connectivity index (χ4n) is 4.86. The minimum absolute atomic E-state index is 0.0483. The summed E-state index contributed by atoms with van der Waals surface area (Å²) in [5.41, 5.74) is 11.1. The molecule has 0 bridgehead atoms. The zero-order valence-electron chi connectivity index (χ0n) is 21.4. The first-order valence-corrected chi connectivity index (χ1v) is 12.6. The molecule has 1 saturated heterocycles. The lowest BCUT2D eigenvalue weighted by Gasteiger charge is -2.31. The number of likely N-dealkylation sites (tertiary alicyclic amines) is 1. The number of piperidine rings is 1. The van der Waals surface area contributed by atoms with Crippen molar-refractivity contribution in [3.05, 3.63) is 71.5 Å². The number of nitrogens with zero attached hydrogens (tertiary/aromatic N) is 5. The Bertz CT molecular complexity index is 1560. The average molecular weight is 508 g/mol. The van der Waals surface area contributed by atoms with Crippen LogP contribution in [-0.4, -0.2) is 49.6 Å². The van der Waals surface area contributed by atoms with E-state index in [9.17, 15) is 9.59 Å². The number of anilines is 1. The van der Waals surface area contributed by atoms with E-state index in [1.165, 1.54) is 6.33 Å². The molecule has 1 aliphatic rings. The van der Waals surface area contributed by atoms with Gasteiger partial charge in [-0.3, -0.25) is 9.59 Å². The summed E-state index contributed by atoms with van der Waals surface area (Å²) in [6.07, 6.45) is 3.15. The number of rotatable bonds is 5. The summed E-state index contributed by atoms with van der Waals surface area (Å²) in [6.45, 7) is 5.17. The molecule has 3 heterocycles. The topological polar surface area (TPSA) is 119 Å². The Morgan fingerprint density at radius 3 is 2.68 bits per heavy atom. The van der Waals surface area contributed by atoms with Crippen molar-refractivity contribution >= 4 is 28.7 Å². The molecule has 1 fully saturated rings. The van der Waals surface area contributed by atoms with Crippen molar-refractivity contribution in [2.45, 2.75) is 39.3 Å². The fraction of sp³-hybridized carbons (Fsp3) is 0.276. The van der Waals surface area contributed by atoms with Crippen LogP contribution in [0.5, 0.6) is 0 Å². The molecule has 5 rings (SSSR count). The van der Waals surface area contributed by atoms with E-state index in [0.717, 1.165) is 29.5 Å². The van der Waals surface area contributed by atoms with Crippen LogP contribution in [0.25, 0.3) is 22.3 Å². The van der Waals surface area contributed by atoms with Crippen LogP contribution in [0.3, 0.4) is 0 Å². The zero-order valence-corrected chi connectivity index (χ0v) is 21.4. The molecule has 2 amide bonds. The summed E-state index contributed by atoms with van der Waals surface area (Å²) in [7, 11) is 0. The molecule has 0 aliphatic carbocycles. The lowest BCUT2D eigenvalue weighted by atomic mass is 10.1. The van der Waals surface area contributed by atoms with Crippen molar-refractivity contribution in [3.63, 3.8) is 0 Å². The first-order valence-electron chi connectivity index (χ1n) is 12.6. The summed E-state index contributed by atoms with van der Waals surface area (Å²) < 4.78 is 1.87. The Balaban J connectivity index is 1.39. The SMILES string of the molecule is CC#CC(=O)N1CCC[C@@H](n2nc(-c3ccc(CNC(=O)c4ccccc4C)cc3)c3c(N)ncnc32)C1. The number of hydrogen-bond donors (Lipinski definition) is 2. The van der Waals surface area contributed by atoms with Crippen LogP contribution in [0, 0.1) is 18.8 Å². The Labute approximate surface area is 221 Å². The Hall–Kier alpha value is -4.71. The molecule has 1 atom stereocenters. The van der Waals surface area contributed by atoms with Gasteiger partial charge < -0.3 is 16.0 Å². The monoisotopic (exact) mass is 507 g/mol. The number of nitrogen functional groups attached to an aromatic ring is 1. The Morgan fingerprint density at radius 1 is 1.13 bits per heavy atom. The minimum atomic E-state index is -0.173. The van der Waals surface area contributed by atoms with Crippen molar-refractivity contribution in [3.8, 4) is 23.1 Å². The maximum atomic E-state index is 12.6. The summed E-state index contributed by atoms with van der Waals surface area (Å²) >= 11 is 0. The van der Waals surface area contributed by atoms with E-state index >= 15 is 0 Å². The van der Waals surface area contributed by atoms with E-state index < -0.39 is 0 Å². The second-order valence-electron chi connectivity index (χ2n) is 9.37. The number of nitrogens with one attached hydrogen (secondary N) is 1. The second-order valence-corrected chi connectivity index (χ2v) is 9.37. The molecule has 9 heteroatoms. The number of fused-ring (bicyclic) bond motifs is 1. The van der Waals surface area contributed by atoms with E-state index in [1.807, 2.05) is 60.1 Å². The molecule has 0 saturated carbocycles. The van der Waals surface area contributed by atoms with Gasteiger partial charge in [0.15, 0.2) is 5.65 Å². The molecule has 192 valence electrons. The molecule has 38 heavy (non-hydrogen) atoms. The zero-order chi connectivity index (χ0) is 26.6. The first kappa shape index (κ1) is 25.0.